The van der Waals surface area contributed by atoms with Gasteiger partial charge >= 0.3 is 6.03 Å². The Morgan fingerprint density at radius 3 is 2.70 bits per heavy atom. The van der Waals surface area contributed by atoms with E-state index in [1.54, 1.807) is 43.8 Å². The molecule has 0 unspecified atom stereocenters. The number of carbonyl (C=O) groups excluding carboxylic acids is 1. The maximum absolute atomic E-state index is 12.3. The molecule has 1 fully saturated rings. The van der Waals surface area contributed by atoms with Crippen LogP contribution in [-0.2, 0) is 0 Å². The molecule has 8 heteroatoms. The Hall–Kier alpha value is -3.00. The van der Waals surface area contributed by atoms with Gasteiger partial charge in [-0.1, -0.05) is 23.5 Å². The smallest absolute Gasteiger partial charge is 0.319 e. The number of fused-ring (bicyclic) bond motifs is 1. The largest absolute Gasteiger partial charge is 0.497 e. The number of rotatable bonds is 6. The molecule has 2 N–H and O–H groups in total. The number of para-hydroxylation sites is 1. The number of amides is 2. The van der Waals surface area contributed by atoms with Crippen LogP contribution in [0.5, 0.6) is 11.5 Å². The fourth-order valence-electron chi connectivity index (χ4n) is 3.63. The van der Waals surface area contributed by atoms with Crippen LogP contribution in [0.4, 0.5) is 15.6 Å². The van der Waals surface area contributed by atoms with Gasteiger partial charge in [0.2, 0.25) is 0 Å². The van der Waals surface area contributed by atoms with Gasteiger partial charge < -0.3 is 25.0 Å². The van der Waals surface area contributed by atoms with E-state index in [0.29, 0.717) is 29.6 Å². The van der Waals surface area contributed by atoms with E-state index in [1.165, 1.54) is 4.70 Å². The molecule has 0 radical (unpaired) electrons. The second kappa shape index (κ2) is 9.21. The number of carbonyl (C=O) groups is 1. The van der Waals surface area contributed by atoms with E-state index in [9.17, 15) is 4.79 Å². The van der Waals surface area contributed by atoms with E-state index in [4.69, 9.17) is 14.5 Å². The summed E-state index contributed by atoms with van der Waals surface area (Å²) >= 11 is 1.74. The van der Waals surface area contributed by atoms with Crippen LogP contribution < -0.4 is 25.0 Å². The Morgan fingerprint density at radius 1 is 1.17 bits per heavy atom. The molecular weight excluding hydrogens is 400 g/mol. The average molecular weight is 427 g/mol. The lowest BCUT2D eigenvalue weighted by atomic mass is 9.97. The zero-order chi connectivity index (χ0) is 20.9. The number of anilines is 2. The van der Waals surface area contributed by atoms with Crippen LogP contribution in [0.25, 0.3) is 10.2 Å². The van der Waals surface area contributed by atoms with Crippen molar-refractivity contribution in [2.24, 2.45) is 5.92 Å². The minimum absolute atomic E-state index is 0.230. The Balaban J connectivity index is 1.26. The summed E-state index contributed by atoms with van der Waals surface area (Å²) in [6.07, 6.45) is 2.06. The van der Waals surface area contributed by atoms with Crippen LogP contribution in [0.1, 0.15) is 12.8 Å². The number of hydrogen-bond acceptors (Lipinski definition) is 6. The highest BCUT2D eigenvalue weighted by molar-refractivity contribution is 7.22. The van der Waals surface area contributed by atoms with E-state index in [0.717, 1.165) is 36.6 Å². The van der Waals surface area contributed by atoms with E-state index in [2.05, 4.69) is 33.7 Å². The van der Waals surface area contributed by atoms with Gasteiger partial charge in [0.1, 0.15) is 11.5 Å². The zero-order valence-electron chi connectivity index (χ0n) is 17.2. The highest BCUT2D eigenvalue weighted by Gasteiger charge is 2.22. The van der Waals surface area contributed by atoms with Gasteiger partial charge in [0.15, 0.2) is 5.13 Å². The van der Waals surface area contributed by atoms with Crippen LogP contribution in [0.2, 0.25) is 0 Å². The van der Waals surface area contributed by atoms with Crippen molar-refractivity contribution in [2.75, 3.05) is 44.1 Å². The minimum Gasteiger partial charge on any atom is -0.497 e. The van der Waals surface area contributed by atoms with Crippen LogP contribution in [0.3, 0.4) is 0 Å². The van der Waals surface area contributed by atoms with Gasteiger partial charge in [-0.3, -0.25) is 0 Å². The predicted octanol–water partition coefficient (Wildman–Crippen LogP) is 4.35. The van der Waals surface area contributed by atoms with Crippen molar-refractivity contribution in [1.29, 1.82) is 0 Å². The maximum atomic E-state index is 12.3. The SMILES string of the molecule is COc1ccc(NC(=O)NCC2CCN(c3nc4ccccc4s3)CC2)c(OC)c1. The molecule has 7 nitrogen and oxygen atoms in total. The lowest BCUT2D eigenvalue weighted by molar-refractivity contribution is 0.248. The fourth-order valence-corrected chi connectivity index (χ4v) is 4.65. The van der Waals surface area contributed by atoms with Gasteiger partial charge in [0.05, 0.1) is 30.1 Å². The highest BCUT2D eigenvalue weighted by atomic mass is 32.1. The average Bonchev–Trinajstić information content (AvgIpc) is 3.22. The normalized spacial score (nSPS) is 14.5. The molecule has 0 saturated carbocycles. The van der Waals surface area contributed by atoms with Crippen molar-refractivity contribution in [3.8, 4) is 11.5 Å². The first kappa shape index (κ1) is 20.3. The quantitative estimate of drug-likeness (QED) is 0.613. The molecule has 0 spiro atoms. The molecule has 4 rings (SSSR count). The minimum atomic E-state index is -0.230. The van der Waals surface area contributed by atoms with Gasteiger partial charge in [-0.15, -0.1) is 0 Å². The van der Waals surface area contributed by atoms with Crippen molar-refractivity contribution in [1.82, 2.24) is 10.3 Å². The van der Waals surface area contributed by atoms with Gasteiger partial charge in [0.25, 0.3) is 0 Å². The summed E-state index contributed by atoms with van der Waals surface area (Å²) in [5.74, 6) is 1.70. The van der Waals surface area contributed by atoms with Crippen LogP contribution in [0, 0.1) is 5.92 Å². The lowest BCUT2D eigenvalue weighted by Gasteiger charge is -2.31. The highest BCUT2D eigenvalue weighted by Crippen LogP contribution is 2.31. The molecule has 1 aliphatic heterocycles. The number of hydrogen-bond donors (Lipinski definition) is 2. The molecule has 3 aromatic rings. The lowest BCUT2D eigenvalue weighted by Crippen LogP contribution is -2.39. The van der Waals surface area contributed by atoms with Crippen LogP contribution in [-0.4, -0.2) is 44.9 Å². The Labute approximate surface area is 180 Å². The number of nitrogens with zero attached hydrogens (tertiary/aromatic N) is 2. The predicted molar refractivity (Wildman–Crippen MR) is 121 cm³/mol. The third kappa shape index (κ3) is 4.59. The van der Waals surface area contributed by atoms with Gasteiger partial charge in [-0.05, 0) is 43.0 Å². The molecule has 0 bridgehead atoms. The van der Waals surface area contributed by atoms with Gasteiger partial charge in [0, 0.05) is 25.7 Å². The van der Waals surface area contributed by atoms with Crippen molar-refractivity contribution < 1.29 is 14.3 Å². The van der Waals surface area contributed by atoms with Gasteiger partial charge in [-0.25, -0.2) is 9.78 Å². The summed E-state index contributed by atoms with van der Waals surface area (Å²) in [6, 6.07) is 13.3. The Bertz CT molecular complexity index is 982. The van der Waals surface area contributed by atoms with E-state index in [-0.39, 0.29) is 6.03 Å². The topological polar surface area (TPSA) is 75.7 Å². The van der Waals surface area contributed by atoms with Gasteiger partial charge in [-0.2, -0.15) is 0 Å². The molecular formula is C22H26N4O3S. The Kier molecular flexibility index (Phi) is 6.23. The standard InChI is InChI=1S/C22H26N4O3S/c1-28-16-7-8-17(19(13-16)29-2)24-21(27)23-14-15-9-11-26(12-10-15)22-25-18-5-3-4-6-20(18)30-22/h3-8,13,15H,9-12,14H2,1-2H3,(H2,23,24,27). The summed E-state index contributed by atoms with van der Waals surface area (Å²) in [5.41, 5.74) is 1.67. The number of thiazole rings is 1. The van der Waals surface area contributed by atoms with Crippen molar-refractivity contribution >= 4 is 38.4 Å². The molecule has 0 aliphatic carbocycles. The van der Waals surface area contributed by atoms with Crippen molar-refractivity contribution in [2.45, 2.75) is 12.8 Å². The molecule has 2 heterocycles. The third-order valence-corrected chi connectivity index (χ3v) is 6.47. The monoisotopic (exact) mass is 426 g/mol. The maximum Gasteiger partial charge on any atom is 0.319 e. The number of ether oxygens (including phenoxy) is 2. The number of methoxy groups -OCH3 is 2. The second-order valence-corrected chi connectivity index (χ2v) is 8.30. The molecule has 1 aliphatic rings. The molecule has 2 aromatic carbocycles. The molecule has 1 saturated heterocycles. The first-order chi connectivity index (χ1) is 14.7. The van der Waals surface area contributed by atoms with E-state index in [1.807, 2.05) is 6.07 Å². The molecule has 30 heavy (non-hydrogen) atoms. The van der Waals surface area contributed by atoms with E-state index >= 15 is 0 Å². The summed E-state index contributed by atoms with van der Waals surface area (Å²) < 4.78 is 11.7. The number of aromatic nitrogens is 1. The van der Waals surface area contributed by atoms with Crippen LogP contribution >= 0.6 is 11.3 Å². The first-order valence-electron chi connectivity index (χ1n) is 10.0. The second-order valence-electron chi connectivity index (χ2n) is 7.30. The summed E-state index contributed by atoms with van der Waals surface area (Å²) in [6.45, 7) is 2.57. The number of urea groups is 1. The molecule has 0 atom stereocenters. The molecule has 1 aromatic heterocycles. The fraction of sp³-hybridized carbons (Fsp3) is 0.364. The molecule has 2 amide bonds. The van der Waals surface area contributed by atoms with Crippen LogP contribution in [0.15, 0.2) is 42.5 Å². The third-order valence-electron chi connectivity index (χ3n) is 5.38. The Morgan fingerprint density at radius 2 is 1.97 bits per heavy atom. The zero-order valence-corrected chi connectivity index (χ0v) is 18.0. The number of nitrogens with one attached hydrogen (secondary N) is 2. The van der Waals surface area contributed by atoms with Crippen molar-refractivity contribution in [3.63, 3.8) is 0 Å². The van der Waals surface area contributed by atoms with E-state index < -0.39 is 0 Å². The number of benzene rings is 2. The summed E-state index contributed by atoms with van der Waals surface area (Å²) in [4.78, 5) is 19.4. The first-order valence-corrected chi connectivity index (χ1v) is 10.9. The summed E-state index contributed by atoms with van der Waals surface area (Å²) in [7, 11) is 3.16. The number of piperidine rings is 1. The summed E-state index contributed by atoms with van der Waals surface area (Å²) in [5, 5.41) is 6.93. The van der Waals surface area contributed by atoms with Crippen molar-refractivity contribution in [3.05, 3.63) is 42.5 Å². The molecule has 158 valence electrons.